The average molecular weight is 295 g/mol. The van der Waals surface area contributed by atoms with Crippen LogP contribution < -0.4 is 10.9 Å². The van der Waals surface area contributed by atoms with E-state index in [1.165, 1.54) is 5.56 Å². The molecule has 0 saturated carbocycles. The van der Waals surface area contributed by atoms with Crippen molar-refractivity contribution < 1.29 is 4.79 Å². The average Bonchev–Trinajstić information content (AvgIpc) is 2.89. The summed E-state index contributed by atoms with van der Waals surface area (Å²) in [6.07, 6.45) is 0.774. The van der Waals surface area contributed by atoms with Crippen LogP contribution in [0.15, 0.2) is 53.3 Å². The maximum absolute atomic E-state index is 12.4. The van der Waals surface area contributed by atoms with Gasteiger partial charge < -0.3 is 5.32 Å². The summed E-state index contributed by atoms with van der Waals surface area (Å²) in [5, 5.41) is 6.19. The van der Waals surface area contributed by atoms with E-state index in [-0.39, 0.29) is 11.5 Å². The molecule has 22 heavy (non-hydrogen) atoms. The third-order valence-corrected chi connectivity index (χ3v) is 3.71. The lowest BCUT2D eigenvalue weighted by molar-refractivity contribution is 0.0963. The first-order valence-electron chi connectivity index (χ1n) is 7.17. The number of carbonyl (C=O) groups is 1. The molecular formula is C17H17N3O2. The topological polar surface area (TPSA) is 66.9 Å². The van der Waals surface area contributed by atoms with E-state index in [1.54, 1.807) is 29.9 Å². The number of nitrogens with one attached hydrogen (secondary N) is 2. The highest BCUT2D eigenvalue weighted by atomic mass is 16.1. The largest absolute Gasteiger partial charge is 0.355 e. The molecule has 5 nitrogen and oxygen atoms in total. The summed E-state index contributed by atoms with van der Waals surface area (Å²) in [5.74, 6) is -0.196. The minimum absolute atomic E-state index is 0.100. The highest BCUT2D eigenvalue weighted by Crippen LogP contribution is 2.11. The Morgan fingerprint density at radius 1 is 1.18 bits per heavy atom. The number of benzene rings is 2. The molecule has 2 aromatic carbocycles. The summed E-state index contributed by atoms with van der Waals surface area (Å²) in [4.78, 5) is 24.1. The molecule has 0 aliphatic carbocycles. The minimum Gasteiger partial charge on any atom is -0.355 e. The fourth-order valence-electron chi connectivity index (χ4n) is 2.49. The standard InChI is InChI=1S/C17H17N3O2/c1-18-16(21)13-7-8-15-14(11-13)17(22)20(19-15)10-9-12-5-3-2-4-6-12/h2-8,11,19H,9-10H2,1H3,(H,18,21). The zero-order chi connectivity index (χ0) is 15.5. The lowest BCUT2D eigenvalue weighted by atomic mass is 10.1. The summed E-state index contributed by atoms with van der Waals surface area (Å²) < 4.78 is 1.59. The van der Waals surface area contributed by atoms with Crippen molar-refractivity contribution in [2.45, 2.75) is 13.0 Å². The van der Waals surface area contributed by atoms with Gasteiger partial charge >= 0.3 is 0 Å². The highest BCUT2D eigenvalue weighted by molar-refractivity contribution is 5.97. The van der Waals surface area contributed by atoms with Gasteiger partial charge in [0.1, 0.15) is 0 Å². The van der Waals surface area contributed by atoms with Gasteiger partial charge in [0.2, 0.25) is 0 Å². The van der Waals surface area contributed by atoms with Gasteiger partial charge in [0.25, 0.3) is 11.5 Å². The molecule has 1 heterocycles. The maximum atomic E-state index is 12.4. The molecule has 0 spiro atoms. The predicted molar refractivity (Wildman–Crippen MR) is 86.1 cm³/mol. The Labute approximate surface area is 127 Å². The third kappa shape index (κ3) is 2.65. The second-order valence-electron chi connectivity index (χ2n) is 5.14. The third-order valence-electron chi connectivity index (χ3n) is 3.71. The number of amides is 1. The summed E-state index contributed by atoms with van der Waals surface area (Å²) in [6.45, 7) is 0.576. The van der Waals surface area contributed by atoms with Crippen LogP contribution in [0.5, 0.6) is 0 Å². The van der Waals surface area contributed by atoms with Crippen LogP contribution in [0.2, 0.25) is 0 Å². The van der Waals surface area contributed by atoms with Gasteiger partial charge in [-0.05, 0) is 30.2 Å². The first-order chi connectivity index (χ1) is 10.7. The van der Waals surface area contributed by atoms with E-state index < -0.39 is 0 Å². The number of nitrogens with zero attached hydrogens (tertiary/aromatic N) is 1. The van der Waals surface area contributed by atoms with Crippen molar-refractivity contribution in [2.75, 3.05) is 7.05 Å². The summed E-state index contributed by atoms with van der Waals surface area (Å²) in [7, 11) is 1.57. The Morgan fingerprint density at radius 3 is 2.68 bits per heavy atom. The molecular weight excluding hydrogens is 278 g/mol. The smallest absolute Gasteiger partial charge is 0.274 e. The van der Waals surface area contributed by atoms with Gasteiger partial charge in [0, 0.05) is 19.2 Å². The predicted octanol–water partition coefficient (Wildman–Crippen LogP) is 1.93. The molecule has 5 heteroatoms. The van der Waals surface area contributed by atoms with Crippen LogP contribution in [-0.2, 0) is 13.0 Å². The first kappa shape index (κ1) is 14.1. The van der Waals surface area contributed by atoms with Crippen LogP contribution in [0.4, 0.5) is 0 Å². The van der Waals surface area contributed by atoms with Crippen LogP contribution in [0.3, 0.4) is 0 Å². The van der Waals surface area contributed by atoms with E-state index >= 15 is 0 Å². The Kier molecular flexibility index (Phi) is 3.78. The van der Waals surface area contributed by atoms with E-state index in [2.05, 4.69) is 10.4 Å². The molecule has 1 aromatic heterocycles. The van der Waals surface area contributed by atoms with E-state index in [0.717, 1.165) is 11.9 Å². The molecule has 0 aliphatic heterocycles. The van der Waals surface area contributed by atoms with Gasteiger partial charge in [0.05, 0.1) is 10.9 Å². The normalized spacial score (nSPS) is 10.8. The van der Waals surface area contributed by atoms with Gasteiger partial charge in [0.15, 0.2) is 0 Å². The zero-order valence-corrected chi connectivity index (χ0v) is 12.3. The number of carbonyl (C=O) groups excluding carboxylic acids is 1. The molecule has 3 rings (SSSR count). The zero-order valence-electron chi connectivity index (χ0n) is 12.3. The second kappa shape index (κ2) is 5.89. The Hall–Kier alpha value is -2.82. The second-order valence-corrected chi connectivity index (χ2v) is 5.14. The monoisotopic (exact) mass is 295 g/mol. The lowest BCUT2D eigenvalue weighted by Gasteiger charge is -2.01. The molecule has 0 fully saturated rings. The molecule has 0 aliphatic rings. The number of hydrogen-bond acceptors (Lipinski definition) is 2. The lowest BCUT2D eigenvalue weighted by Crippen LogP contribution is -2.19. The number of hydrogen-bond donors (Lipinski definition) is 2. The quantitative estimate of drug-likeness (QED) is 0.772. The molecule has 0 saturated heterocycles. The van der Waals surface area contributed by atoms with Crippen LogP contribution in [-0.4, -0.2) is 22.7 Å². The Balaban J connectivity index is 1.90. The molecule has 3 aromatic rings. The van der Waals surface area contributed by atoms with Crippen molar-refractivity contribution in [2.24, 2.45) is 0 Å². The van der Waals surface area contributed by atoms with Crippen LogP contribution in [0.25, 0.3) is 10.9 Å². The van der Waals surface area contributed by atoms with E-state index in [0.29, 0.717) is 17.5 Å². The Bertz CT molecular complexity index is 862. The molecule has 0 radical (unpaired) electrons. The van der Waals surface area contributed by atoms with Crippen molar-refractivity contribution in [3.63, 3.8) is 0 Å². The van der Waals surface area contributed by atoms with E-state index in [4.69, 9.17) is 0 Å². The van der Waals surface area contributed by atoms with Gasteiger partial charge in [-0.25, -0.2) is 0 Å². The Morgan fingerprint density at radius 2 is 1.95 bits per heavy atom. The minimum atomic E-state index is -0.196. The number of rotatable bonds is 4. The summed E-state index contributed by atoms with van der Waals surface area (Å²) >= 11 is 0. The number of H-pyrrole nitrogens is 1. The number of aromatic amines is 1. The fourth-order valence-corrected chi connectivity index (χ4v) is 2.49. The van der Waals surface area contributed by atoms with Gasteiger partial charge in [-0.15, -0.1) is 0 Å². The fraction of sp³-hybridized carbons (Fsp3) is 0.176. The molecule has 2 N–H and O–H groups in total. The van der Waals surface area contributed by atoms with Crippen LogP contribution in [0, 0.1) is 0 Å². The number of fused-ring (bicyclic) bond motifs is 1. The summed E-state index contributed by atoms with van der Waals surface area (Å²) in [5.41, 5.74) is 2.31. The molecule has 0 unspecified atom stereocenters. The molecule has 1 amide bonds. The van der Waals surface area contributed by atoms with Crippen molar-refractivity contribution >= 4 is 16.8 Å². The van der Waals surface area contributed by atoms with Crippen molar-refractivity contribution in [3.8, 4) is 0 Å². The summed E-state index contributed by atoms with van der Waals surface area (Å²) in [6, 6.07) is 15.1. The SMILES string of the molecule is CNC(=O)c1ccc2[nH]n(CCc3ccccc3)c(=O)c2c1. The van der Waals surface area contributed by atoms with Crippen LogP contribution in [0.1, 0.15) is 15.9 Å². The highest BCUT2D eigenvalue weighted by Gasteiger charge is 2.10. The van der Waals surface area contributed by atoms with Gasteiger partial charge in [-0.2, -0.15) is 0 Å². The number of aromatic nitrogens is 2. The van der Waals surface area contributed by atoms with Crippen molar-refractivity contribution in [1.29, 1.82) is 0 Å². The van der Waals surface area contributed by atoms with Crippen molar-refractivity contribution in [3.05, 3.63) is 70.0 Å². The van der Waals surface area contributed by atoms with Crippen molar-refractivity contribution in [1.82, 2.24) is 15.1 Å². The molecule has 112 valence electrons. The van der Waals surface area contributed by atoms with E-state index in [9.17, 15) is 9.59 Å². The molecule has 0 atom stereocenters. The molecule has 0 bridgehead atoms. The van der Waals surface area contributed by atoms with Gasteiger partial charge in [-0.1, -0.05) is 30.3 Å². The first-order valence-corrected chi connectivity index (χ1v) is 7.17. The maximum Gasteiger partial charge on any atom is 0.274 e. The number of aryl methyl sites for hydroxylation is 2. The van der Waals surface area contributed by atoms with Gasteiger partial charge in [-0.3, -0.25) is 19.4 Å². The van der Waals surface area contributed by atoms with Crippen LogP contribution >= 0.6 is 0 Å². The van der Waals surface area contributed by atoms with E-state index in [1.807, 2.05) is 30.3 Å².